The highest BCUT2D eigenvalue weighted by molar-refractivity contribution is 7.87. The summed E-state index contributed by atoms with van der Waals surface area (Å²) < 4.78 is 27.4. The van der Waals surface area contributed by atoms with E-state index >= 15 is 0 Å². The summed E-state index contributed by atoms with van der Waals surface area (Å²) in [6.07, 6.45) is 2.66. The van der Waals surface area contributed by atoms with Gasteiger partial charge in [-0.15, -0.1) is 0 Å². The number of aromatic nitrogens is 3. The minimum absolute atomic E-state index is 0.299. The van der Waals surface area contributed by atoms with Gasteiger partial charge in [-0.25, -0.2) is 9.71 Å². The molecule has 18 heavy (non-hydrogen) atoms. The third-order valence-electron chi connectivity index (χ3n) is 2.42. The van der Waals surface area contributed by atoms with Crippen LogP contribution in [0, 0.1) is 0 Å². The van der Waals surface area contributed by atoms with Crippen molar-refractivity contribution in [2.75, 3.05) is 33.7 Å². The fourth-order valence-corrected chi connectivity index (χ4v) is 2.31. The number of nitrogens with one attached hydrogen (secondary N) is 3. The molecule has 0 aliphatic heterocycles. The summed E-state index contributed by atoms with van der Waals surface area (Å²) in [5.41, 5.74) is 0. The van der Waals surface area contributed by atoms with E-state index in [2.05, 4.69) is 25.2 Å². The van der Waals surface area contributed by atoms with Gasteiger partial charge in [-0.1, -0.05) is 0 Å². The molecule has 0 fully saturated rings. The Balaban J connectivity index is 2.30. The molecule has 0 saturated carbocycles. The van der Waals surface area contributed by atoms with E-state index in [1.54, 1.807) is 7.05 Å². The van der Waals surface area contributed by atoms with Crippen LogP contribution in [0.5, 0.6) is 0 Å². The van der Waals surface area contributed by atoms with Crippen LogP contribution in [0.3, 0.4) is 0 Å². The predicted molar refractivity (Wildman–Crippen MR) is 68.2 cm³/mol. The van der Waals surface area contributed by atoms with Crippen LogP contribution < -0.4 is 10.0 Å². The van der Waals surface area contributed by atoms with Gasteiger partial charge in [-0.2, -0.15) is 17.8 Å². The highest BCUT2D eigenvalue weighted by Gasteiger charge is 2.16. The zero-order valence-electron chi connectivity index (χ0n) is 10.7. The lowest BCUT2D eigenvalue weighted by atomic mass is 10.4. The Morgan fingerprint density at radius 3 is 2.83 bits per heavy atom. The molecule has 0 aromatic carbocycles. The topological polar surface area (TPSA) is 103 Å². The van der Waals surface area contributed by atoms with E-state index in [4.69, 9.17) is 0 Å². The zero-order chi connectivity index (χ0) is 13.4. The minimum Gasteiger partial charge on any atom is -0.320 e. The Labute approximate surface area is 107 Å². The van der Waals surface area contributed by atoms with E-state index in [-0.39, 0.29) is 0 Å². The Kier molecular flexibility index (Phi) is 6.19. The number of rotatable bonds is 9. The van der Waals surface area contributed by atoms with Gasteiger partial charge in [0.25, 0.3) is 10.2 Å². The molecule has 0 atom stereocenters. The van der Waals surface area contributed by atoms with E-state index in [0.29, 0.717) is 25.3 Å². The van der Waals surface area contributed by atoms with E-state index < -0.39 is 10.2 Å². The first-order valence-corrected chi connectivity index (χ1v) is 7.20. The molecular weight excluding hydrogens is 256 g/mol. The maximum absolute atomic E-state index is 11.8. The Hall–Kier alpha value is -1.03. The van der Waals surface area contributed by atoms with Gasteiger partial charge in [-0.3, -0.25) is 5.10 Å². The molecule has 0 bridgehead atoms. The predicted octanol–water partition coefficient (Wildman–Crippen LogP) is -1.28. The van der Waals surface area contributed by atoms with Gasteiger partial charge < -0.3 is 5.32 Å². The second-order valence-electron chi connectivity index (χ2n) is 3.86. The van der Waals surface area contributed by atoms with Crippen LogP contribution in [-0.2, 0) is 16.6 Å². The number of hydrogen-bond donors (Lipinski definition) is 3. The molecule has 1 aromatic heterocycles. The largest absolute Gasteiger partial charge is 0.320 e. The summed E-state index contributed by atoms with van der Waals surface area (Å²) in [4.78, 5) is 3.92. The van der Waals surface area contributed by atoms with Crippen LogP contribution in [0.25, 0.3) is 0 Å². The lowest BCUT2D eigenvalue weighted by Crippen LogP contribution is -2.40. The van der Waals surface area contributed by atoms with E-state index in [1.165, 1.54) is 10.6 Å². The number of H-pyrrole nitrogens is 1. The van der Waals surface area contributed by atoms with E-state index in [0.717, 1.165) is 13.0 Å². The van der Waals surface area contributed by atoms with Gasteiger partial charge >= 0.3 is 0 Å². The second-order valence-corrected chi connectivity index (χ2v) is 5.72. The molecule has 8 nitrogen and oxygen atoms in total. The van der Waals surface area contributed by atoms with Crippen molar-refractivity contribution in [3.63, 3.8) is 0 Å². The first-order chi connectivity index (χ1) is 8.56. The number of aromatic amines is 1. The van der Waals surface area contributed by atoms with Crippen molar-refractivity contribution in [2.24, 2.45) is 0 Å². The molecule has 0 spiro atoms. The van der Waals surface area contributed by atoms with Gasteiger partial charge in [-0.05, 0) is 20.0 Å². The van der Waals surface area contributed by atoms with Gasteiger partial charge in [0.05, 0.1) is 0 Å². The maximum atomic E-state index is 11.8. The molecule has 3 N–H and O–H groups in total. The fourth-order valence-electron chi connectivity index (χ4n) is 1.36. The zero-order valence-corrected chi connectivity index (χ0v) is 11.5. The summed E-state index contributed by atoms with van der Waals surface area (Å²) >= 11 is 0. The first kappa shape index (κ1) is 15.0. The molecule has 0 radical (unpaired) electrons. The molecule has 0 aliphatic rings. The SMILES string of the molecule is CNCCCN(C)S(=O)(=O)NCCc1ncn[nH]1. The quantitative estimate of drug-likeness (QED) is 0.488. The normalized spacial score (nSPS) is 12.2. The van der Waals surface area contributed by atoms with Crippen LogP contribution in [0.1, 0.15) is 12.2 Å². The molecule has 1 aromatic rings. The highest BCUT2D eigenvalue weighted by atomic mass is 32.2. The Bertz CT molecular complexity index is 418. The van der Waals surface area contributed by atoms with Crippen molar-refractivity contribution in [1.29, 1.82) is 0 Å². The second kappa shape index (κ2) is 7.41. The van der Waals surface area contributed by atoms with Crippen LogP contribution in [0.15, 0.2) is 6.33 Å². The number of hydrogen-bond acceptors (Lipinski definition) is 5. The van der Waals surface area contributed by atoms with Crippen LogP contribution in [0.4, 0.5) is 0 Å². The third kappa shape index (κ3) is 5.08. The van der Waals surface area contributed by atoms with Gasteiger partial charge in [0, 0.05) is 26.6 Å². The highest BCUT2D eigenvalue weighted by Crippen LogP contribution is 1.96. The average molecular weight is 276 g/mol. The summed E-state index contributed by atoms with van der Waals surface area (Å²) in [5, 5.41) is 9.34. The minimum atomic E-state index is -3.40. The van der Waals surface area contributed by atoms with Gasteiger partial charge in [0.2, 0.25) is 0 Å². The third-order valence-corrected chi connectivity index (χ3v) is 3.99. The van der Waals surface area contributed by atoms with Crippen molar-refractivity contribution in [2.45, 2.75) is 12.8 Å². The van der Waals surface area contributed by atoms with Crippen LogP contribution >= 0.6 is 0 Å². The van der Waals surface area contributed by atoms with Crippen molar-refractivity contribution >= 4 is 10.2 Å². The Morgan fingerprint density at radius 1 is 1.44 bits per heavy atom. The molecule has 0 aliphatic carbocycles. The van der Waals surface area contributed by atoms with Gasteiger partial charge in [0.1, 0.15) is 12.2 Å². The standard InChI is InChI=1S/C9H20N6O2S/c1-10-5-3-7-15(2)18(16,17)13-6-4-9-11-8-12-14-9/h8,10,13H,3-7H2,1-2H3,(H,11,12,14). The summed E-state index contributed by atoms with van der Waals surface area (Å²) in [6.45, 7) is 1.57. The fraction of sp³-hybridized carbons (Fsp3) is 0.778. The van der Waals surface area contributed by atoms with Crippen molar-refractivity contribution in [1.82, 2.24) is 29.5 Å². The lowest BCUT2D eigenvalue weighted by molar-refractivity contribution is 0.448. The molecule has 1 heterocycles. The molecular formula is C9H20N6O2S. The van der Waals surface area contributed by atoms with Crippen molar-refractivity contribution in [3.8, 4) is 0 Å². The monoisotopic (exact) mass is 276 g/mol. The van der Waals surface area contributed by atoms with Crippen molar-refractivity contribution in [3.05, 3.63) is 12.2 Å². The number of nitrogens with zero attached hydrogens (tertiary/aromatic N) is 3. The molecule has 1 rings (SSSR count). The molecule has 9 heteroatoms. The average Bonchev–Trinajstić information content (AvgIpc) is 2.82. The maximum Gasteiger partial charge on any atom is 0.279 e. The molecule has 0 amide bonds. The van der Waals surface area contributed by atoms with E-state index in [1.807, 2.05) is 7.05 Å². The molecule has 104 valence electrons. The Morgan fingerprint density at radius 2 is 2.22 bits per heavy atom. The smallest absolute Gasteiger partial charge is 0.279 e. The first-order valence-electron chi connectivity index (χ1n) is 5.76. The molecule has 0 saturated heterocycles. The van der Waals surface area contributed by atoms with Gasteiger partial charge in [0.15, 0.2) is 0 Å². The van der Waals surface area contributed by atoms with Crippen LogP contribution in [0.2, 0.25) is 0 Å². The summed E-state index contributed by atoms with van der Waals surface area (Å²) in [7, 11) is -0.00109. The van der Waals surface area contributed by atoms with Crippen LogP contribution in [-0.4, -0.2) is 61.6 Å². The summed E-state index contributed by atoms with van der Waals surface area (Å²) in [5.74, 6) is 0.663. The summed E-state index contributed by atoms with van der Waals surface area (Å²) in [6, 6.07) is 0. The lowest BCUT2D eigenvalue weighted by Gasteiger charge is -2.17. The van der Waals surface area contributed by atoms with E-state index in [9.17, 15) is 8.42 Å². The van der Waals surface area contributed by atoms with Crippen molar-refractivity contribution < 1.29 is 8.42 Å². The molecule has 0 unspecified atom stereocenters.